The van der Waals surface area contributed by atoms with E-state index in [1.165, 1.54) is 0 Å². The minimum Gasteiger partial charge on any atom is -0.396 e. The molecule has 1 aromatic heterocycles. The Labute approximate surface area is 59.1 Å². The highest BCUT2D eigenvalue weighted by Gasteiger charge is 2.05. The molecule has 0 saturated heterocycles. The zero-order chi connectivity index (χ0) is 7.40. The molecular formula is C6H11N3O. The Balaban J connectivity index is 2.50. The number of hydrogen-bond acceptors (Lipinski definition) is 3. The molecule has 1 aromatic rings. The van der Waals surface area contributed by atoms with Crippen LogP contribution in [0.25, 0.3) is 0 Å². The third kappa shape index (κ3) is 1.55. The van der Waals surface area contributed by atoms with Crippen LogP contribution in [0.5, 0.6) is 0 Å². The molecule has 4 nitrogen and oxygen atoms in total. The zero-order valence-corrected chi connectivity index (χ0v) is 5.62. The van der Waals surface area contributed by atoms with Gasteiger partial charge in [-0.05, 0) is 6.42 Å². The van der Waals surface area contributed by atoms with Gasteiger partial charge in [-0.2, -0.15) is 0 Å². The third-order valence-electron chi connectivity index (χ3n) is 1.31. The van der Waals surface area contributed by atoms with Crippen molar-refractivity contribution in [2.45, 2.75) is 12.5 Å². The topological polar surface area (TPSA) is 74.9 Å². The Bertz CT molecular complexity index is 173. The molecule has 4 N–H and O–H groups in total. The van der Waals surface area contributed by atoms with Crippen LogP contribution in [0.4, 0.5) is 0 Å². The molecule has 0 spiro atoms. The summed E-state index contributed by atoms with van der Waals surface area (Å²) in [5, 5.41) is 8.51. The molecule has 0 aliphatic rings. The van der Waals surface area contributed by atoms with Crippen LogP contribution >= 0.6 is 0 Å². The number of aromatic nitrogens is 2. The summed E-state index contributed by atoms with van der Waals surface area (Å²) in [5.41, 5.74) is 5.60. The highest BCUT2D eigenvalue weighted by atomic mass is 16.3. The van der Waals surface area contributed by atoms with Gasteiger partial charge in [-0.25, -0.2) is 4.98 Å². The van der Waals surface area contributed by atoms with Crippen LogP contribution < -0.4 is 5.73 Å². The molecule has 1 atom stereocenters. The Morgan fingerprint density at radius 2 is 2.60 bits per heavy atom. The van der Waals surface area contributed by atoms with Crippen molar-refractivity contribution in [1.82, 2.24) is 9.97 Å². The van der Waals surface area contributed by atoms with E-state index in [2.05, 4.69) is 9.97 Å². The Morgan fingerprint density at radius 1 is 1.80 bits per heavy atom. The lowest BCUT2D eigenvalue weighted by Gasteiger charge is -2.04. The Morgan fingerprint density at radius 3 is 3.10 bits per heavy atom. The van der Waals surface area contributed by atoms with Crippen molar-refractivity contribution in [3.8, 4) is 0 Å². The summed E-state index contributed by atoms with van der Waals surface area (Å²) in [5.74, 6) is 0.731. The fraction of sp³-hybridized carbons (Fsp3) is 0.500. The lowest BCUT2D eigenvalue weighted by atomic mass is 10.2. The quantitative estimate of drug-likeness (QED) is 0.545. The van der Waals surface area contributed by atoms with Gasteiger partial charge in [0.2, 0.25) is 0 Å². The maximum atomic E-state index is 8.51. The van der Waals surface area contributed by atoms with Crippen molar-refractivity contribution < 1.29 is 5.11 Å². The fourth-order valence-corrected chi connectivity index (χ4v) is 0.756. The molecule has 0 aliphatic heterocycles. The largest absolute Gasteiger partial charge is 0.396 e. The summed E-state index contributed by atoms with van der Waals surface area (Å²) >= 11 is 0. The smallest absolute Gasteiger partial charge is 0.123 e. The molecule has 10 heavy (non-hydrogen) atoms. The van der Waals surface area contributed by atoms with E-state index in [9.17, 15) is 0 Å². The van der Waals surface area contributed by atoms with Gasteiger partial charge in [-0.15, -0.1) is 0 Å². The number of imidazole rings is 1. The van der Waals surface area contributed by atoms with Gasteiger partial charge < -0.3 is 15.8 Å². The average Bonchev–Trinajstić information content (AvgIpc) is 2.38. The number of hydrogen-bond donors (Lipinski definition) is 3. The first-order chi connectivity index (χ1) is 4.84. The van der Waals surface area contributed by atoms with E-state index in [1.807, 2.05) is 0 Å². The number of aromatic amines is 1. The molecule has 0 radical (unpaired) electrons. The van der Waals surface area contributed by atoms with Crippen molar-refractivity contribution in [2.75, 3.05) is 6.61 Å². The fourth-order valence-electron chi connectivity index (χ4n) is 0.756. The summed E-state index contributed by atoms with van der Waals surface area (Å²) in [4.78, 5) is 6.82. The molecular weight excluding hydrogens is 130 g/mol. The second-order valence-corrected chi connectivity index (χ2v) is 2.09. The number of H-pyrrole nitrogens is 1. The SMILES string of the molecule is NC(CCO)c1ncc[nH]1. The summed E-state index contributed by atoms with van der Waals surface area (Å²) in [6.45, 7) is 0.0991. The van der Waals surface area contributed by atoms with Gasteiger partial charge in [0.1, 0.15) is 5.82 Å². The molecule has 4 heteroatoms. The first-order valence-electron chi connectivity index (χ1n) is 3.20. The second kappa shape index (κ2) is 3.34. The average molecular weight is 141 g/mol. The van der Waals surface area contributed by atoms with Gasteiger partial charge in [0, 0.05) is 19.0 Å². The molecule has 56 valence electrons. The lowest BCUT2D eigenvalue weighted by Crippen LogP contribution is -2.13. The summed E-state index contributed by atoms with van der Waals surface area (Å²) < 4.78 is 0. The van der Waals surface area contributed by atoms with Crippen LogP contribution in [-0.4, -0.2) is 21.7 Å². The first kappa shape index (κ1) is 7.24. The molecule has 1 heterocycles. The van der Waals surface area contributed by atoms with Crippen LogP contribution in [0.3, 0.4) is 0 Å². The van der Waals surface area contributed by atoms with Crippen molar-refractivity contribution in [2.24, 2.45) is 5.73 Å². The van der Waals surface area contributed by atoms with E-state index >= 15 is 0 Å². The van der Waals surface area contributed by atoms with Crippen molar-refractivity contribution in [3.63, 3.8) is 0 Å². The highest BCUT2D eigenvalue weighted by Crippen LogP contribution is 2.05. The van der Waals surface area contributed by atoms with E-state index in [-0.39, 0.29) is 12.6 Å². The molecule has 1 unspecified atom stereocenters. The number of nitrogens with zero attached hydrogens (tertiary/aromatic N) is 1. The number of rotatable bonds is 3. The van der Waals surface area contributed by atoms with Crippen LogP contribution in [0, 0.1) is 0 Å². The highest BCUT2D eigenvalue weighted by molar-refractivity contribution is 4.93. The van der Waals surface area contributed by atoms with Gasteiger partial charge in [-0.1, -0.05) is 0 Å². The second-order valence-electron chi connectivity index (χ2n) is 2.09. The molecule has 1 rings (SSSR count). The first-order valence-corrected chi connectivity index (χ1v) is 3.20. The van der Waals surface area contributed by atoms with Crippen LogP contribution in [-0.2, 0) is 0 Å². The Kier molecular flexibility index (Phi) is 2.42. The molecule has 0 saturated carbocycles. The number of nitrogens with one attached hydrogen (secondary N) is 1. The van der Waals surface area contributed by atoms with Crippen molar-refractivity contribution >= 4 is 0 Å². The molecule has 0 aromatic carbocycles. The molecule has 0 fully saturated rings. The minimum atomic E-state index is -0.167. The number of aliphatic hydroxyl groups excluding tert-OH is 1. The van der Waals surface area contributed by atoms with E-state index < -0.39 is 0 Å². The summed E-state index contributed by atoms with van der Waals surface area (Å²) in [7, 11) is 0. The predicted octanol–water partition coefficient (Wildman–Crippen LogP) is -0.208. The van der Waals surface area contributed by atoms with Gasteiger partial charge in [0.05, 0.1) is 6.04 Å². The van der Waals surface area contributed by atoms with Gasteiger partial charge in [0.15, 0.2) is 0 Å². The minimum absolute atomic E-state index is 0.0991. The standard InChI is InChI=1S/C6H11N3O/c7-5(1-4-10)6-8-2-3-9-6/h2-3,5,10H,1,4,7H2,(H,8,9). The summed E-state index contributed by atoms with van der Waals surface area (Å²) in [6, 6.07) is -0.167. The summed E-state index contributed by atoms with van der Waals surface area (Å²) in [6.07, 6.45) is 3.91. The van der Waals surface area contributed by atoms with Gasteiger partial charge in [0.25, 0.3) is 0 Å². The van der Waals surface area contributed by atoms with E-state index in [0.717, 1.165) is 5.82 Å². The Hall–Kier alpha value is -0.870. The number of aliphatic hydroxyl groups is 1. The number of nitrogens with two attached hydrogens (primary N) is 1. The monoisotopic (exact) mass is 141 g/mol. The molecule has 0 amide bonds. The van der Waals surface area contributed by atoms with Gasteiger partial charge >= 0.3 is 0 Å². The van der Waals surface area contributed by atoms with Crippen LogP contribution in [0.1, 0.15) is 18.3 Å². The lowest BCUT2D eigenvalue weighted by molar-refractivity contribution is 0.275. The van der Waals surface area contributed by atoms with Crippen LogP contribution in [0.15, 0.2) is 12.4 Å². The molecule has 0 bridgehead atoms. The van der Waals surface area contributed by atoms with Crippen LogP contribution in [0.2, 0.25) is 0 Å². The van der Waals surface area contributed by atoms with E-state index in [0.29, 0.717) is 6.42 Å². The third-order valence-corrected chi connectivity index (χ3v) is 1.31. The van der Waals surface area contributed by atoms with E-state index in [4.69, 9.17) is 10.8 Å². The maximum absolute atomic E-state index is 8.51. The normalized spacial score (nSPS) is 13.4. The maximum Gasteiger partial charge on any atom is 0.123 e. The predicted molar refractivity (Wildman–Crippen MR) is 37.2 cm³/mol. The van der Waals surface area contributed by atoms with Gasteiger partial charge in [-0.3, -0.25) is 0 Å². The molecule has 0 aliphatic carbocycles. The van der Waals surface area contributed by atoms with E-state index in [1.54, 1.807) is 12.4 Å². The van der Waals surface area contributed by atoms with Crippen molar-refractivity contribution in [3.05, 3.63) is 18.2 Å². The van der Waals surface area contributed by atoms with Crippen molar-refractivity contribution in [1.29, 1.82) is 0 Å². The zero-order valence-electron chi connectivity index (χ0n) is 5.62.